The zero-order valence-electron chi connectivity index (χ0n) is 16.8. The zero-order chi connectivity index (χ0) is 18.5. The summed E-state index contributed by atoms with van der Waals surface area (Å²) in [7, 11) is 1.72. The van der Waals surface area contributed by atoms with Crippen LogP contribution >= 0.6 is 24.0 Å². The Kier molecular flexibility index (Phi) is 13.5. The number of halogens is 1. The predicted octanol–water partition coefficient (Wildman–Crippen LogP) is 4.25. The highest BCUT2D eigenvalue weighted by atomic mass is 127. The van der Waals surface area contributed by atoms with Crippen LogP contribution < -0.4 is 10.6 Å². The molecule has 1 saturated carbocycles. The number of nitrogens with one attached hydrogen (secondary N) is 2. The minimum absolute atomic E-state index is 0. The van der Waals surface area contributed by atoms with Crippen LogP contribution in [0.5, 0.6) is 0 Å². The molecule has 0 radical (unpaired) electrons. The van der Waals surface area contributed by atoms with Crippen LogP contribution in [0.3, 0.4) is 0 Å². The Morgan fingerprint density at radius 1 is 1.15 bits per heavy atom. The molecule has 0 heterocycles. The second kappa shape index (κ2) is 15.1. The normalized spacial score (nSPS) is 15.3. The molecule has 1 aliphatic carbocycles. The lowest BCUT2D eigenvalue weighted by atomic mass is 9.98. The monoisotopic (exact) mass is 489 g/mol. The molecule has 0 aliphatic heterocycles. The van der Waals surface area contributed by atoms with Crippen molar-refractivity contribution < 1.29 is 9.47 Å². The molecule has 0 saturated heterocycles. The average molecular weight is 489 g/mol. The summed E-state index contributed by atoms with van der Waals surface area (Å²) < 4.78 is 11.2. The van der Waals surface area contributed by atoms with Crippen LogP contribution in [0.1, 0.15) is 56.6 Å². The number of hydrogen-bond donors (Lipinski definition) is 2. The van der Waals surface area contributed by atoms with Gasteiger partial charge in [-0.1, -0.05) is 43.5 Å². The third-order valence-corrected chi connectivity index (χ3v) is 4.59. The number of ether oxygens (including phenoxy) is 2. The van der Waals surface area contributed by atoms with E-state index in [2.05, 4.69) is 46.8 Å². The molecule has 0 bridgehead atoms. The van der Waals surface area contributed by atoms with Gasteiger partial charge in [-0.2, -0.15) is 0 Å². The largest absolute Gasteiger partial charge is 0.380 e. The van der Waals surface area contributed by atoms with Gasteiger partial charge in [0.15, 0.2) is 5.96 Å². The van der Waals surface area contributed by atoms with Gasteiger partial charge in [0.2, 0.25) is 0 Å². The summed E-state index contributed by atoms with van der Waals surface area (Å²) in [5.41, 5.74) is 2.37. The van der Waals surface area contributed by atoms with Crippen LogP contribution in [0, 0.1) is 0 Å². The SMILES string of the molecule is CCNC(=NCc1cccc(COC)c1)NCCCOC1CCCCC1.I. The van der Waals surface area contributed by atoms with E-state index in [1.54, 1.807) is 7.11 Å². The number of aliphatic imine (C=N–C) groups is 1. The van der Waals surface area contributed by atoms with Gasteiger partial charge in [-0.05, 0) is 37.3 Å². The smallest absolute Gasteiger partial charge is 0.191 e. The molecule has 0 spiro atoms. The second-order valence-corrected chi connectivity index (χ2v) is 6.86. The maximum Gasteiger partial charge on any atom is 0.191 e. The number of methoxy groups -OCH3 is 1. The Labute approximate surface area is 181 Å². The Morgan fingerprint density at radius 3 is 2.67 bits per heavy atom. The Balaban J connectivity index is 0.00000364. The third-order valence-electron chi connectivity index (χ3n) is 4.59. The van der Waals surface area contributed by atoms with Crippen molar-refractivity contribution >= 4 is 29.9 Å². The summed E-state index contributed by atoms with van der Waals surface area (Å²) in [6, 6.07) is 8.38. The van der Waals surface area contributed by atoms with Gasteiger partial charge in [0, 0.05) is 26.8 Å². The Morgan fingerprint density at radius 2 is 1.93 bits per heavy atom. The maximum atomic E-state index is 5.98. The molecule has 5 nitrogen and oxygen atoms in total. The van der Waals surface area contributed by atoms with Crippen molar-refractivity contribution in [3.8, 4) is 0 Å². The van der Waals surface area contributed by atoms with Gasteiger partial charge in [-0.3, -0.25) is 0 Å². The summed E-state index contributed by atoms with van der Waals surface area (Å²) in [5.74, 6) is 0.863. The van der Waals surface area contributed by atoms with Gasteiger partial charge < -0.3 is 20.1 Å². The molecule has 0 aromatic heterocycles. The van der Waals surface area contributed by atoms with E-state index in [1.807, 2.05) is 0 Å². The van der Waals surface area contributed by atoms with E-state index in [9.17, 15) is 0 Å². The first kappa shape index (κ1) is 24.2. The number of rotatable bonds is 10. The van der Waals surface area contributed by atoms with Gasteiger partial charge in [0.1, 0.15) is 0 Å². The number of guanidine groups is 1. The van der Waals surface area contributed by atoms with Gasteiger partial charge in [0.05, 0.1) is 19.3 Å². The first-order valence-electron chi connectivity index (χ1n) is 10.0. The van der Waals surface area contributed by atoms with Crippen LogP contribution in [0.25, 0.3) is 0 Å². The molecule has 0 amide bonds. The second-order valence-electron chi connectivity index (χ2n) is 6.86. The van der Waals surface area contributed by atoms with Gasteiger partial charge in [-0.25, -0.2) is 4.99 Å². The number of nitrogens with zero attached hydrogens (tertiary/aromatic N) is 1. The van der Waals surface area contributed by atoms with Crippen LogP contribution in [-0.4, -0.2) is 38.9 Å². The number of hydrogen-bond acceptors (Lipinski definition) is 3. The van der Waals surface area contributed by atoms with Crippen molar-refractivity contribution in [1.29, 1.82) is 0 Å². The molecule has 1 aromatic rings. The van der Waals surface area contributed by atoms with E-state index in [-0.39, 0.29) is 24.0 Å². The Hall–Kier alpha value is -0.860. The highest BCUT2D eigenvalue weighted by molar-refractivity contribution is 14.0. The summed E-state index contributed by atoms with van der Waals surface area (Å²) in [6.45, 7) is 5.94. The summed E-state index contributed by atoms with van der Waals surface area (Å²) in [5, 5.41) is 6.71. The lowest BCUT2D eigenvalue weighted by Gasteiger charge is -2.22. The quantitative estimate of drug-likeness (QED) is 0.223. The minimum atomic E-state index is 0. The van der Waals surface area contributed by atoms with Gasteiger partial charge >= 0.3 is 0 Å². The van der Waals surface area contributed by atoms with Crippen molar-refractivity contribution in [2.45, 2.75) is 64.7 Å². The van der Waals surface area contributed by atoms with Crippen molar-refractivity contribution in [3.63, 3.8) is 0 Å². The Bertz CT molecular complexity index is 534. The highest BCUT2D eigenvalue weighted by Gasteiger charge is 2.12. The molecule has 6 heteroatoms. The molecular weight excluding hydrogens is 453 g/mol. The molecule has 0 atom stereocenters. The number of benzene rings is 1. The lowest BCUT2D eigenvalue weighted by molar-refractivity contribution is 0.0277. The molecule has 2 rings (SSSR count). The molecule has 0 unspecified atom stereocenters. The maximum absolute atomic E-state index is 5.98. The minimum Gasteiger partial charge on any atom is -0.380 e. The molecule has 154 valence electrons. The summed E-state index contributed by atoms with van der Waals surface area (Å²) >= 11 is 0. The first-order chi connectivity index (χ1) is 12.8. The van der Waals surface area contributed by atoms with Gasteiger partial charge in [-0.15, -0.1) is 24.0 Å². The zero-order valence-corrected chi connectivity index (χ0v) is 19.2. The molecule has 1 aromatic carbocycles. The lowest BCUT2D eigenvalue weighted by Crippen LogP contribution is -2.38. The summed E-state index contributed by atoms with van der Waals surface area (Å²) in [4.78, 5) is 4.69. The summed E-state index contributed by atoms with van der Waals surface area (Å²) in [6.07, 6.45) is 7.99. The van der Waals surface area contributed by atoms with Crippen LogP contribution in [0.2, 0.25) is 0 Å². The fourth-order valence-electron chi connectivity index (χ4n) is 3.26. The van der Waals surface area contributed by atoms with Crippen molar-refractivity contribution in [2.24, 2.45) is 4.99 Å². The fraction of sp³-hybridized carbons (Fsp3) is 0.667. The van der Waals surface area contributed by atoms with Crippen molar-refractivity contribution in [2.75, 3.05) is 26.8 Å². The average Bonchev–Trinajstić information content (AvgIpc) is 2.67. The molecule has 27 heavy (non-hydrogen) atoms. The molecule has 2 N–H and O–H groups in total. The third kappa shape index (κ3) is 10.3. The van der Waals surface area contributed by atoms with E-state index in [0.717, 1.165) is 32.1 Å². The van der Waals surface area contributed by atoms with Crippen LogP contribution in [-0.2, 0) is 22.6 Å². The van der Waals surface area contributed by atoms with Crippen molar-refractivity contribution in [3.05, 3.63) is 35.4 Å². The molecule has 1 aliphatic rings. The van der Waals surface area contributed by atoms with E-state index < -0.39 is 0 Å². The fourth-order valence-corrected chi connectivity index (χ4v) is 3.26. The van der Waals surface area contributed by atoms with Gasteiger partial charge in [0.25, 0.3) is 0 Å². The van der Waals surface area contributed by atoms with Crippen LogP contribution in [0.15, 0.2) is 29.3 Å². The van der Waals surface area contributed by atoms with Crippen molar-refractivity contribution in [1.82, 2.24) is 10.6 Å². The molecule has 1 fully saturated rings. The van der Waals surface area contributed by atoms with E-state index in [1.165, 1.54) is 43.2 Å². The van der Waals surface area contributed by atoms with Crippen LogP contribution in [0.4, 0.5) is 0 Å². The topological polar surface area (TPSA) is 54.9 Å². The first-order valence-corrected chi connectivity index (χ1v) is 10.0. The predicted molar refractivity (Wildman–Crippen MR) is 123 cm³/mol. The molecular formula is C21H36IN3O2. The van der Waals surface area contributed by atoms with E-state index in [0.29, 0.717) is 19.3 Å². The highest BCUT2D eigenvalue weighted by Crippen LogP contribution is 2.20. The standard InChI is InChI=1S/C21H35N3O2.HI/c1-3-22-21(23-13-8-14-26-20-11-5-4-6-12-20)24-16-18-9-7-10-19(15-18)17-25-2;/h7,9-10,15,20H,3-6,8,11-14,16-17H2,1-2H3,(H2,22,23,24);1H. The van der Waals surface area contributed by atoms with E-state index in [4.69, 9.17) is 9.47 Å². The van der Waals surface area contributed by atoms with E-state index >= 15 is 0 Å².